The molecule has 0 aliphatic carbocycles. The van der Waals surface area contributed by atoms with Gasteiger partial charge in [0.1, 0.15) is 18.2 Å². The van der Waals surface area contributed by atoms with Crippen LogP contribution < -0.4 is 10.6 Å². The van der Waals surface area contributed by atoms with Crippen LogP contribution in [0.3, 0.4) is 0 Å². The van der Waals surface area contributed by atoms with E-state index in [1.807, 2.05) is 36.7 Å². The predicted molar refractivity (Wildman–Crippen MR) is 79.1 cm³/mol. The van der Waals surface area contributed by atoms with Crippen molar-refractivity contribution in [2.24, 2.45) is 0 Å². The third-order valence-corrected chi connectivity index (χ3v) is 3.04. The largest absolute Gasteiger partial charge is 0.374 e. The summed E-state index contributed by atoms with van der Waals surface area (Å²) in [7, 11) is 0. The topological polar surface area (TPSA) is 59.1 Å². The summed E-state index contributed by atoms with van der Waals surface area (Å²) in [6.45, 7) is 5.90. The minimum atomic E-state index is 0.425. The summed E-state index contributed by atoms with van der Waals surface area (Å²) in [4.78, 5) is 8.85. The third kappa shape index (κ3) is 4.18. The van der Waals surface area contributed by atoms with Crippen molar-refractivity contribution in [2.45, 2.75) is 20.5 Å². The van der Waals surface area contributed by atoms with E-state index in [1.54, 1.807) is 11.3 Å². The van der Waals surface area contributed by atoms with Crippen molar-refractivity contribution >= 4 is 28.7 Å². The second kappa shape index (κ2) is 7.06. The second-order valence-corrected chi connectivity index (χ2v) is 4.64. The van der Waals surface area contributed by atoms with Crippen molar-refractivity contribution in [1.29, 1.82) is 0 Å². The maximum atomic E-state index is 5.36. The SMILES string of the molecule is CCNc1cc(Nc2ccsc2)nc(COCC)n1. The van der Waals surface area contributed by atoms with Crippen LogP contribution in [0.5, 0.6) is 0 Å². The standard InChI is InChI=1S/C13H18N4OS/c1-3-14-11-7-12(15-10-5-6-19-9-10)17-13(16-11)8-18-4-2/h5-7,9H,3-4,8H2,1-2H3,(H2,14,15,16,17). The third-order valence-electron chi connectivity index (χ3n) is 2.36. The molecule has 2 aromatic rings. The van der Waals surface area contributed by atoms with Crippen molar-refractivity contribution in [1.82, 2.24) is 9.97 Å². The summed E-state index contributed by atoms with van der Waals surface area (Å²) in [5, 5.41) is 10.5. The van der Waals surface area contributed by atoms with Gasteiger partial charge in [-0.1, -0.05) is 0 Å². The molecule has 2 heterocycles. The first-order chi connectivity index (χ1) is 9.31. The van der Waals surface area contributed by atoms with E-state index in [0.29, 0.717) is 19.0 Å². The van der Waals surface area contributed by atoms with Gasteiger partial charge >= 0.3 is 0 Å². The molecule has 0 bridgehead atoms. The van der Waals surface area contributed by atoms with Gasteiger partial charge in [-0.3, -0.25) is 0 Å². The highest BCUT2D eigenvalue weighted by Gasteiger charge is 2.05. The molecule has 2 rings (SSSR count). The van der Waals surface area contributed by atoms with E-state index in [0.717, 1.165) is 23.9 Å². The number of anilines is 3. The van der Waals surface area contributed by atoms with E-state index in [4.69, 9.17) is 4.74 Å². The summed E-state index contributed by atoms with van der Waals surface area (Å²) in [6, 6.07) is 3.92. The van der Waals surface area contributed by atoms with Gasteiger partial charge in [0, 0.05) is 24.6 Å². The van der Waals surface area contributed by atoms with Gasteiger partial charge in [0.05, 0.1) is 5.69 Å². The van der Waals surface area contributed by atoms with Crippen molar-refractivity contribution in [2.75, 3.05) is 23.8 Å². The summed E-state index contributed by atoms with van der Waals surface area (Å²) >= 11 is 1.65. The van der Waals surface area contributed by atoms with E-state index >= 15 is 0 Å². The molecule has 2 N–H and O–H groups in total. The van der Waals surface area contributed by atoms with Gasteiger partial charge in [-0.2, -0.15) is 11.3 Å². The molecule has 5 nitrogen and oxygen atoms in total. The number of thiophene rings is 1. The Morgan fingerprint density at radius 1 is 1.26 bits per heavy atom. The smallest absolute Gasteiger partial charge is 0.158 e. The number of hydrogen-bond donors (Lipinski definition) is 2. The van der Waals surface area contributed by atoms with Crippen LogP contribution in [0, 0.1) is 0 Å². The molecular weight excluding hydrogens is 260 g/mol. The molecule has 6 heteroatoms. The Morgan fingerprint density at radius 2 is 2.11 bits per heavy atom. The minimum absolute atomic E-state index is 0.425. The number of ether oxygens (including phenoxy) is 1. The molecule has 0 spiro atoms. The van der Waals surface area contributed by atoms with Gasteiger partial charge in [0.25, 0.3) is 0 Å². The summed E-state index contributed by atoms with van der Waals surface area (Å²) in [5.41, 5.74) is 1.04. The lowest BCUT2D eigenvalue weighted by Crippen LogP contribution is -2.07. The zero-order valence-corrected chi connectivity index (χ0v) is 12.0. The Labute approximate surface area is 117 Å². The molecule has 0 atom stereocenters. The molecule has 0 radical (unpaired) electrons. The van der Waals surface area contributed by atoms with Crippen LogP contribution in [-0.4, -0.2) is 23.1 Å². The first-order valence-corrected chi connectivity index (χ1v) is 7.25. The predicted octanol–water partition coefficient (Wildman–Crippen LogP) is 3.25. The highest BCUT2D eigenvalue weighted by Crippen LogP contribution is 2.19. The van der Waals surface area contributed by atoms with Crippen LogP contribution in [0.1, 0.15) is 19.7 Å². The number of nitrogens with zero attached hydrogens (tertiary/aromatic N) is 2. The summed E-state index contributed by atoms with van der Waals surface area (Å²) in [5.74, 6) is 2.27. The number of nitrogens with one attached hydrogen (secondary N) is 2. The van der Waals surface area contributed by atoms with Gasteiger partial charge < -0.3 is 15.4 Å². The number of hydrogen-bond acceptors (Lipinski definition) is 6. The molecule has 102 valence electrons. The average molecular weight is 278 g/mol. The normalized spacial score (nSPS) is 10.4. The van der Waals surface area contributed by atoms with Crippen LogP contribution in [0.4, 0.5) is 17.3 Å². The maximum absolute atomic E-state index is 5.36. The van der Waals surface area contributed by atoms with Gasteiger partial charge in [-0.15, -0.1) is 0 Å². The van der Waals surface area contributed by atoms with Gasteiger partial charge in [-0.05, 0) is 25.3 Å². The molecule has 0 saturated carbocycles. The fourth-order valence-corrected chi connectivity index (χ4v) is 2.16. The van der Waals surface area contributed by atoms with Crippen molar-refractivity contribution < 1.29 is 4.74 Å². The Morgan fingerprint density at radius 3 is 2.79 bits per heavy atom. The van der Waals surface area contributed by atoms with Crippen LogP contribution in [-0.2, 0) is 11.3 Å². The Kier molecular flexibility index (Phi) is 5.11. The van der Waals surface area contributed by atoms with Gasteiger partial charge in [-0.25, -0.2) is 9.97 Å². The molecule has 0 amide bonds. The minimum Gasteiger partial charge on any atom is -0.374 e. The molecule has 0 aromatic carbocycles. The molecule has 0 aliphatic heterocycles. The highest BCUT2D eigenvalue weighted by molar-refractivity contribution is 7.08. The van der Waals surface area contributed by atoms with E-state index in [2.05, 4.69) is 20.6 Å². The lowest BCUT2D eigenvalue weighted by molar-refractivity contribution is 0.128. The fourth-order valence-electron chi connectivity index (χ4n) is 1.57. The molecule has 2 aromatic heterocycles. The fraction of sp³-hybridized carbons (Fsp3) is 0.385. The maximum Gasteiger partial charge on any atom is 0.158 e. The molecular formula is C13H18N4OS. The van der Waals surface area contributed by atoms with E-state index in [9.17, 15) is 0 Å². The average Bonchev–Trinajstić information content (AvgIpc) is 2.89. The lowest BCUT2D eigenvalue weighted by Gasteiger charge is -2.09. The van der Waals surface area contributed by atoms with Crippen molar-refractivity contribution in [3.05, 3.63) is 28.7 Å². The Balaban J connectivity index is 2.17. The zero-order valence-electron chi connectivity index (χ0n) is 11.1. The first-order valence-electron chi connectivity index (χ1n) is 6.30. The molecule has 19 heavy (non-hydrogen) atoms. The van der Waals surface area contributed by atoms with Crippen LogP contribution in [0.15, 0.2) is 22.9 Å². The lowest BCUT2D eigenvalue weighted by atomic mass is 10.4. The quantitative estimate of drug-likeness (QED) is 0.814. The summed E-state index contributed by atoms with van der Waals surface area (Å²) in [6.07, 6.45) is 0. The van der Waals surface area contributed by atoms with Crippen molar-refractivity contribution in [3.63, 3.8) is 0 Å². The second-order valence-electron chi connectivity index (χ2n) is 3.86. The number of aromatic nitrogens is 2. The molecule has 0 unspecified atom stereocenters. The molecule has 0 fully saturated rings. The highest BCUT2D eigenvalue weighted by atomic mass is 32.1. The first kappa shape index (κ1) is 13.8. The van der Waals surface area contributed by atoms with Gasteiger partial charge in [0.15, 0.2) is 5.82 Å². The van der Waals surface area contributed by atoms with E-state index in [-0.39, 0.29) is 0 Å². The molecule has 0 saturated heterocycles. The van der Waals surface area contributed by atoms with Crippen molar-refractivity contribution in [3.8, 4) is 0 Å². The van der Waals surface area contributed by atoms with Crippen LogP contribution >= 0.6 is 11.3 Å². The number of rotatable bonds is 7. The van der Waals surface area contributed by atoms with E-state index < -0.39 is 0 Å². The Bertz CT molecular complexity index is 501. The summed E-state index contributed by atoms with van der Waals surface area (Å²) < 4.78 is 5.36. The zero-order chi connectivity index (χ0) is 13.5. The monoisotopic (exact) mass is 278 g/mol. The molecule has 0 aliphatic rings. The van der Waals surface area contributed by atoms with Gasteiger partial charge in [0.2, 0.25) is 0 Å². The van der Waals surface area contributed by atoms with E-state index in [1.165, 1.54) is 0 Å². The van der Waals surface area contributed by atoms with Crippen LogP contribution in [0.25, 0.3) is 0 Å². The Hall–Kier alpha value is -1.66. The van der Waals surface area contributed by atoms with Crippen LogP contribution in [0.2, 0.25) is 0 Å².